The lowest BCUT2D eigenvalue weighted by Crippen LogP contribution is -2.44. The van der Waals surface area contributed by atoms with Crippen molar-refractivity contribution in [3.05, 3.63) is 17.5 Å². The molecule has 2 aliphatic heterocycles. The first-order valence-corrected chi connectivity index (χ1v) is 10.4. The van der Waals surface area contributed by atoms with Gasteiger partial charge in [0.15, 0.2) is 5.65 Å². The van der Waals surface area contributed by atoms with Gasteiger partial charge in [-0.1, -0.05) is 0 Å². The Morgan fingerprint density at radius 3 is 2.73 bits per heavy atom. The van der Waals surface area contributed by atoms with Crippen molar-refractivity contribution in [3.8, 4) is 0 Å². The zero-order valence-corrected chi connectivity index (χ0v) is 17.3. The van der Waals surface area contributed by atoms with E-state index < -0.39 is 12.0 Å². The minimum absolute atomic E-state index is 0.107. The fourth-order valence-electron chi connectivity index (χ4n) is 4.14. The number of halogens is 3. The molecule has 0 spiro atoms. The number of amidine groups is 1. The fourth-order valence-corrected chi connectivity index (χ4v) is 4.14. The zero-order valence-electron chi connectivity index (χ0n) is 17.3. The van der Waals surface area contributed by atoms with E-state index in [0.29, 0.717) is 38.4 Å². The number of pyridine rings is 1. The Kier molecular flexibility index (Phi) is 5.86. The van der Waals surface area contributed by atoms with Crippen LogP contribution in [0.2, 0.25) is 0 Å². The van der Waals surface area contributed by atoms with E-state index in [-0.39, 0.29) is 19.1 Å². The summed E-state index contributed by atoms with van der Waals surface area (Å²) in [5.41, 5.74) is 3.05. The van der Waals surface area contributed by atoms with Crippen LogP contribution in [-0.2, 0) is 17.8 Å². The van der Waals surface area contributed by atoms with Crippen LogP contribution in [0.25, 0.3) is 11.0 Å². The van der Waals surface area contributed by atoms with E-state index in [9.17, 15) is 13.2 Å². The summed E-state index contributed by atoms with van der Waals surface area (Å²) in [5, 5.41) is 8.85. The summed E-state index contributed by atoms with van der Waals surface area (Å²) in [7, 11) is 0. The van der Waals surface area contributed by atoms with Crippen molar-refractivity contribution in [2.24, 2.45) is 4.99 Å². The molecule has 4 heterocycles. The van der Waals surface area contributed by atoms with E-state index in [0.717, 1.165) is 35.1 Å². The van der Waals surface area contributed by atoms with Crippen LogP contribution in [0, 0.1) is 6.92 Å². The predicted octanol–water partition coefficient (Wildman–Crippen LogP) is 3.52. The molecule has 0 aromatic carbocycles. The second kappa shape index (κ2) is 8.41. The number of hydrogen-bond acceptors (Lipinski definition) is 6. The molecule has 164 valence electrons. The number of aromatic nitrogens is 3. The molecule has 0 amide bonds. The Morgan fingerprint density at radius 1 is 1.27 bits per heavy atom. The number of rotatable bonds is 5. The second-order valence-electron chi connectivity index (χ2n) is 7.76. The molecule has 0 atom stereocenters. The molecule has 0 radical (unpaired) electrons. The van der Waals surface area contributed by atoms with Crippen molar-refractivity contribution in [2.45, 2.75) is 58.4 Å². The number of hydrogen-bond donors (Lipinski definition) is 1. The van der Waals surface area contributed by atoms with Gasteiger partial charge in [-0.2, -0.15) is 18.3 Å². The average molecular weight is 424 g/mol. The number of alkyl halides is 3. The Hall–Kier alpha value is -2.36. The first-order valence-electron chi connectivity index (χ1n) is 10.4. The van der Waals surface area contributed by atoms with Crippen LogP contribution in [0.5, 0.6) is 0 Å². The molecule has 0 bridgehead atoms. The molecule has 1 N–H and O–H groups in total. The van der Waals surface area contributed by atoms with Crippen LogP contribution in [0.4, 0.5) is 18.9 Å². The molecular formula is C20H27F3N6O. The summed E-state index contributed by atoms with van der Waals surface area (Å²) in [5.74, 6) is -0.797. The highest BCUT2D eigenvalue weighted by Gasteiger charge is 2.41. The summed E-state index contributed by atoms with van der Waals surface area (Å²) < 4.78 is 47.9. The molecule has 0 aliphatic carbocycles. The maximum Gasteiger partial charge on any atom is 0.449 e. The topological polar surface area (TPSA) is 67.6 Å². The minimum atomic E-state index is -4.47. The molecule has 0 unspecified atom stereocenters. The number of aryl methyl sites for hydroxylation is 2. The third-order valence-corrected chi connectivity index (χ3v) is 5.71. The molecular weight excluding hydrogens is 397 g/mol. The largest absolute Gasteiger partial charge is 0.449 e. The maximum absolute atomic E-state index is 13.5. The quantitative estimate of drug-likeness (QED) is 0.796. The molecule has 1 fully saturated rings. The Balaban J connectivity index is 1.76. The Bertz CT molecular complexity index is 933. The van der Waals surface area contributed by atoms with Crippen LogP contribution in [0.1, 0.15) is 37.4 Å². The first-order chi connectivity index (χ1) is 14.4. The standard InChI is InChI=1S/C20H27F3N6O/c1-3-29-18-15(11-25-29)17(27-14-5-9-30-10-6-14)16(13(2)26-18)12-28-8-4-7-24-19(28)20(21,22)23/h11,14H,3-10,12H2,1-2H3,(H,26,27). The molecule has 7 nitrogen and oxygen atoms in total. The van der Waals surface area contributed by atoms with Gasteiger partial charge in [0.25, 0.3) is 0 Å². The van der Waals surface area contributed by atoms with Gasteiger partial charge in [-0.15, -0.1) is 0 Å². The van der Waals surface area contributed by atoms with Crippen LogP contribution in [0.15, 0.2) is 11.2 Å². The molecule has 1 saturated heterocycles. The SMILES string of the molecule is CCn1ncc2c(NC3CCOCC3)c(CN3CCCN=C3C(F)(F)F)c(C)nc21. The van der Waals surface area contributed by atoms with Gasteiger partial charge in [0.1, 0.15) is 0 Å². The van der Waals surface area contributed by atoms with Crippen molar-refractivity contribution >= 4 is 22.6 Å². The van der Waals surface area contributed by atoms with E-state index in [1.54, 1.807) is 6.20 Å². The lowest BCUT2D eigenvalue weighted by Gasteiger charge is -2.32. The van der Waals surface area contributed by atoms with Crippen molar-refractivity contribution in [1.82, 2.24) is 19.7 Å². The molecule has 0 saturated carbocycles. The number of nitrogens with one attached hydrogen (secondary N) is 1. The van der Waals surface area contributed by atoms with Gasteiger partial charge < -0.3 is 15.0 Å². The smallest absolute Gasteiger partial charge is 0.381 e. The van der Waals surface area contributed by atoms with Gasteiger partial charge in [0.2, 0.25) is 5.84 Å². The zero-order chi connectivity index (χ0) is 21.3. The maximum atomic E-state index is 13.5. The number of ether oxygens (including phenoxy) is 1. The van der Waals surface area contributed by atoms with Crippen LogP contribution in [0.3, 0.4) is 0 Å². The summed E-state index contributed by atoms with van der Waals surface area (Å²) in [4.78, 5) is 9.81. The van der Waals surface area contributed by atoms with Gasteiger partial charge in [-0.25, -0.2) is 9.67 Å². The highest BCUT2D eigenvalue weighted by molar-refractivity contribution is 5.92. The molecule has 2 aromatic rings. The van der Waals surface area contributed by atoms with Crippen molar-refractivity contribution in [2.75, 3.05) is 31.6 Å². The summed E-state index contributed by atoms with van der Waals surface area (Å²) in [6, 6.07) is 0.199. The normalized spacial score (nSPS) is 18.7. The van der Waals surface area contributed by atoms with Gasteiger partial charge in [0.05, 0.1) is 17.3 Å². The van der Waals surface area contributed by atoms with Crippen molar-refractivity contribution < 1.29 is 17.9 Å². The number of anilines is 1. The third kappa shape index (κ3) is 4.10. The van der Waals surface area contributed by atoms with Gasteiger partial charge >= 0.3 is 6.18 Å². The van der Waals surface area contributed by atoms with Gasteiger partial charge in [0, 0.05) is 56.7 Å². The second-order valence-corrected chi connectivity index (χ2v) is 7.76. The Morgan fingerprint density at radius 2 is 2.03 bits per heavy atom. The first kappa shape index (κ1) is 20.9. The summed E-state index contributed by atoms with van der Waals surface area (Å²) in [6.07, 6.45) is -0.407. The average Bonchev–Trinajstić information content (AvgIpc) is 3.13. The van der Waals surface area contributed by atoms with Crippen LogP contribution in [-0.4, -0.2) is 64.0 Å². The number of aliphatic imine (C=N–C) groups is 1. The fraction of sp³-hybridized carbons (Fsp3) is 0.650. The Labute approximate surface area is 173 Å². The molecule has 10 heteroatoms. The van der Waals surface area contributed by atoms with Crippen LogP contribution >= 0.6 is 0 Å². The molecule has 4 rings (SSSR count). The van der Waals surface area contributed by atoms with E-state index in [1.807, 2.05) is 18.5 Å². The highest BCUT2D eigenvalue weighted by Crippen LogP contribution is 2.33. The van der Waals surface area contributed by atoms with E-state index in [1.165, 1.54) is 4.90 Å². The van der Waals surface area contributed by atoms with Gasteiger partial charge in [-0.05, 0) is 33.1 Å². The predicted molar refractivity (Wildman–Crippen MR) is 109 cm³/mol. The highest BCUT2D eigenvalue weighted by atomic mass is 19.4. The van der Waals surface area contributed by atoms with E-state index >= 15 is 0 Å². The molecule has 2 aromatic heterocycles. The van der Waals surface area contributed by atoms with Crippen molar-refractivity contribution in [1.29, 1.82) is 0 Å². The van der Waals surface area contributed by atoms with E-state index in [4.69, 9.17) is 9.72 Å². The summed E-state index contributed by atoms with van der Waals surface area (Å²) in [6.45, 7) is 6.49. The van der Waals surface area contributed by atoms with Gasteiger partial charge in [-0.3, -0.25) is 4.99 Å². The number of nitrogens with zero attached hydrogens (tertiary/aromatic N) is 5. The lowest BCUT2D eigenvalue weighted by molar-refractivity contribution is -0.0705. The number of fused-ring (bicyclic) bond motifs is 1. The van der Waals surface area contributed by atoms with Crippen molar-refractivity contribution in [3.63, 3.8) is 0 Å². The van der Waals surface area contributed by atoms with E-state index in [2.05, 4.69) is 15.4 Å². The van der Waals surface area contributed by atoms with Crippen LogP contribution < -0.4 is 5.32 Å². The third-order valence-electron chi connectivity index (χ3n) is 5.71. The lowest BCUT2D eigenvalue weighted by atomic mass is 10.0. The molecule has 30 heavy (non-hydrogen) atoms. The minimum Gasteiger partial charge on any atom is -0.381 e. The monoisotopic (exact) mass is 424 g/mol. The summed E-state index contributed by atoms with van der Waals surface area (Å²) >= 11 is 0. The molecule has 2 aliphatic rings.